The fourth-order valence-electron chi connectivity index (χ4n) is 2.00. The van der Waals surface area contributed by atoms with Crippen molar-refractivity contribution in [2.75, 3.05) is 18.8 Å². The first-order chi connectivity index (χ1) is 10.3. The van der Waals surface area contributed by atoms with E-state index < -0.39 is 0 Å². The molecule has 8 heteroatoms. The Morgan fingerprint density at radius 2 is 2.14 bits per heavy atom. The van der Waals surface area contributed by atoms with E-state index in [-0.39, 0.29) is 17.7 Å². The summed E-state index contributed by atoms with van der Waals surface area (Å²) < 4.78 is 1.81. The molecule has 108 valence electrons. The summed E-state index contributed by atoms with van der Waals surface area (Å²) in [5, 5.41) is 11.1. The number of aromatic nitrogens is 3. The second kappa shape index (κ2) is 5.96. The second-order valence-corrected chi connectivity index (χ2v) is 5.33. The highest BCUT2D eigenvalue weighted by Crippen LogP contribution is 2.19. The van der Waals surface area contributed by atoms with Crippen molar-refractivity contribution in [3.63, 3.8) is 0 Å². The average Bonchev–Trinajstić information content (AvgIpc) is 3.14. The number of hydrogen-bond donors (Lipinski definition) is 1. The van der Waals surface area contributed by atoms with Crippen molar-refractivity contribution in [3.8, 4) is 5.69 Å². The quantitative estimate of drug-likeness (QED) is 0.849. The summed E-state index contributed by atoms with van der Waals surface area (Å²) in [5.74, 6) is -0.0727. The molecule has 1 N–H and O–H groups in total. The number of carbonyl (C=O) groups is 2. The van der Waals surface area contributed by atoms with Crippen LogP contribution in [-0.4, -0.2) is 50.4 Å². The number of urea groups is 1. The molecule has 2 aromatic rings. The molecule has 1 fully saturated rings. The molecule has 1 aliphatic heterocycles. The van der Waals surface area contributed by atoms with Crippen LogP contribution in [0, 0.1) is 0 Å². The van der Waals surface area contributed by atoms with Gasteiger partial charge < -0.3 is 5.32 Å². The molecule has 0 spiro atoms. The first kappa shape index (κ1) is 13.6. The van der Waals surface area contributed by atoms with Gasteiger partial charge in [-0.25, -0.2) is 4.79 Å². The third kappa shape index (κ3) is 2.89. The zero-order valence-electron chi connectivity index (χ0n) is 11.1. The number of amides is 3. The van der Waals surface area contributed by atoms with Crippen molar-refractivity contribution in [2.45, 2.75) is 5.16 Å². The normalized spacial score (nSPS) is 14.3. The van der Waals surface area contributed by atoms with Crippen molar-refractivity contribution >= 4 is 23.7 Å². The zero-order chi connectivity index (χ0) is 14.7. The van der Waals surface area contributed by atoms with E-state index in [4.69, 9.17) is 0 Å². The molecule has 1 saturated heterocycles. The fraction of sp³-hybridized carbons (Fsp3) is 0.231. The van der Waals surface area contributed by atoms with Crippen LogP contribution in [0.5, 0.6) is 0 Å². The van der Waals surface area contributed by atoms with Gasteiger partial charge in [0, 0.05) is 18.8 Å². The van der Waals surface area contributed by atoms with Gasteiger partial charge in [0.05, 0.1) is 5.75 Å². The summed E-state index contributed by atoms with van der Waals surface area (Å²) in [6, 6.07) is 9.31. The lowest BCUT2D eigenvalue weighted by Crippen LogP contribution is -2.35. The van der Waals surface area contributed by atoms with Crippen molar-refractivity contribution < 1.29 is 9.59 Å². The molecular weight excluding hydrogens is 290 g/mol. The maximum atomic E-state index is 12.0. The van der Waals surface area contributed by atoms with Crippen LogP contribution in [0.25, 0.3) is 5.69 Å². The Balaban J connectivity index is 1.68. The number of carbonyl (C=O) groups excluding carboxylic acids is 2. The van der Waals surface area contributed by atoms with Crippen LogP contribution in [-0.2, 0) is 4.79 Å². The van der Waals surface area contributed by atoms with Gasteiger partial charge in [-0.1, -0.05) is 30.0 Å². The topological polar surface area (TPSA) is 80.1 Å². The van der Waals surface area contributed by atoms with E-state index in [9.17, 15) is 9.59 Å². The summed E-state index contributed by atoms with van der Waals surface area (Å²) >= 11 is 1.26. The molecule has 1 aromatic carbocycles. The molecular formula is C13H13N5O2S. The van der Waals surface area contributed by atoms with Gasteiger partial charge in [-0.05, 0) is 12.1 Å². The van der Waals surface area contributed by atoms with Crippen LogP contribution >= 0.6 is 11.8 Å². The van der Waals surface area contributed by atoms with Crippen LogP contribution < -0.4 is 5.32 Å². The Kier molecular flexibility index (Phi) is 3.87. The molecule has 0 saturated carbocycles. The first-order valence-electron chi connectivity index (χ1n) is 6.42. The van der Waals surface area contributed by atoms with Crippen LogP contribution in [0.3, 0.4) is 0 Å². The van der Waals surface area contributed by atoms with Gasteiger partial charge in [0.2, 0.25) is 5.91 Å². The number of rotatable bonds is 4. The summed E-state index contributed by atoms with van der Waals surface area (Å²) in [5.41, 5.74) is 0.927. The first-order valence-corrected chi connectivity index (χ1v) is 7.41. The summed E-state index contributed by atoms with van der Waals surface area (Å²) in [6.07, 6.45) is 1.60. The molecule has 3 amide bonds. The number of benzene rings is 1. The Morgan fingerprint density at radius 1 is 1.33 bits per heavy atom. The number of nitrogens with one attached hydrogen (secondary N) is 1. The minimum Gasteiger partial charge on any atom is -0.336 e. The van der Waals surface area contributed by atoms with Crippen LogP contribution in [0.2, 0.25) is 0 Å². The molecule has 2 heterocycles. The fourth-order valence-corrected chi connectivity index (χ4v) is 2.81. The van der Waals surface area contributed by atoms with Gasteiger partial charge in [0.15, 0.2) is 5.16 Å². The lowest BCUT2D eigenvalue weighted by atomic mass is 10.3. The Hall–Kier alpha value is -2.35. The highest BCUT2D eigenvalue weighted by atomic mass is 32.2. The second-order valence-electron chi connectivity index (χ2n) is 4.39. The van der Waals surface area contributed by atoms with E-state index >= 15 is 0 Å². The summed E-state index contributed by atoms with van der Waals surface area (Å²) in [6.45, 7) is 0.930. The third-order valence-electron chi connectivity index (χ3n) is 3.03. The maximum absolute atomic E-state index is 12.0. The van der Waals surface area contributed by atoms with E-state index in [1.54, 1.807) is 6.33 Å². The molecule has 0 radical (unpaired) electrons. The molecule has 0 aliphatic carbocycles. The van der Waals surface area contributed by atoms with Gasteiger partial charge in [-0.2, -0.15) is 0 Å². The number of hydrogen-bond acceptors (Lipinski definition) is 5. The lowest BCUT2D eigenvalue weighted by molar-refractivity contribution is -0.124. The molecule has 0 unspecified atom stereocenters. The predicted octanol–water partition coefficient (Wildman–Crippen LogP) is 0.911. The monoisotopic (exact) mass is 303 g/mol. The van der Waals surface area contributed by atoms with Gasteiger partial charge >= 0.3 is 6.03 Å². The highest BCUT2D eigenvalue weighted by molar-refractivity contribution is 7.99. The molecule has 0 bridgehead atoms. The smallest absolute Gasteiger partial charge is 0.324 e. The van der Waals surface area contributed by atoms with Crippen LogP contribution in [0.15, 0.2) is 41.8 Å². The molecule has 0 atom stereocenters. The number of thioether (sulfide) groups is 1. The largest absolute Gasteiger partial charge is 0.336 e. The van der Waals surface area contributed by atoms with Crippen molar-refractivity contribution in [1.29, 1.82) is 0 Å². The van der Waals surface area contributed by atoms with E-state index in [0.717, 1.165) is 5.69 Å². The Morgan fingerprint density at radius 3 is 2.86 bits per heavy atom. The SMILES string of the molecule is O=C(CSc1nncn1-c1ccccc1)N1CCNC1=O. The van der Waals surface area contributed by atoms with Crippen LogP contribution in [0.1, 0.15) is 0 Å². The van der Waals surface area contributed by atoms with Gasteiger partial charge in [0.25, 0.3) is 0 Å². The summed E-state index contributed by atoms with van der Waals surface area (Å²) in [4.78, 5) is 24.6. The molecule has 3 rings (SSSR count). The standard InChI is InChI=1S/C13H13N5O2S/c19-11(17-7-6-14-12(17)20)8-21-13-16-15-9-18(13)10-4-2-1-3-5-10/h1-5,9H,6-8H2,(H,14,20). The van der Waals surface area contributed by atoms with Crippen molar-refractivity contribution in [2.24, 2.45) is 0 Å². The number of para-hydroxylation sites is 1. The molecule has 1 aromatic heterocycles. The number of nitrogens with zero attached hydrogens (tertiary/aromatic N) is 4. The van der Waals surface area contributed by atoms with Gasteiger partial charge in [-0.15, -0.1) is 10.2 Å². The third-order valence-corrected chi connectivity index (χ3v) is 3.96. The van der Waals surface area contributed by atoms with Crippen molar-refractivity contribution in [1.82, 2.24) is 25.0 Å². The van der Waals surface area contributed by atoms with E-state index in [0.29, 0.717) is 18.2 Å². The molecule has 7 nitrogen and oxygen atoms in total. The van der Waals surface area contributed by atoms with Crippen LogP contribution in [0.4, 0.5) is 4.79 Å². The van der Waals surface area contributed by atoms with E-state index in [1.165, 1.54) is 16.7 Å². The highest BCUT2D eigenvalue weighted by Gasteiger charge is 2.26. The van der Waals surface area contributed by atoms with Gasteiger partial charge in [0.1, 0.15) is 6.33 Å². The number of imide groups is 1. The minimum absolute atomic E-state index is 0.152. The zero-order valence-corrected chi connectivity index (χ0v) is 11.9. The Labute approximate surface area is 125 Å². The van der Waals surface area contributed by atoms with E-state index in [1.807, 2.05) is 34.9 Å². The van der Waals surface area contributed by atoms with E-state index in [2.05, 4.69) is 15.5 Å². The molecule has 21 heavy (non-hydrogen) atoms. The molecule has 1 aliphatic rings. The maximum Gasteiger partial charge on any atom is 0.324 e. The lowest BCUT2D eigenvalue weighted by Gasteiger charge is -2.11. The van der Waals surface area contributed by atoms with Crippen molar-refractivity contribution in [3.05, 3.63) is 36.7 Å². The Bertz CT molecular complexity index is 658. The van der Waals surface area contributed by atoms with Gasteiger partial charge in [-0.3, -0.25) is 14.3 Å². The minimum atomic E-state index is -0.329. The average molecular weight is 303 g/mol. The summed E-state index contributed by atoms with van der Waals surface area (Å²) in [7, 11) is 0. The predicted molar refractivity (Wildman–Crippen MR) is 77.2 cm³/mol.